The molecule has 1 aliphatic carbocycles. The Kier molecular flexibility index (Phi) is 3.08. The van der Waals surface area contributed by atoms with Crippen LogP contribution in [-0.2, 0) is 7.05 Å². The van der Waals surface area contributed by atoms with Crippen LogP contribution in [0.3, 0.4) is 0 Å². The first-order chi connectivity index (χ1) is 9.58. The van der Waals surface area contributed by atoms with Gasteiger partial charge in [-0.25, -0.2) is 9.97 Å². The summed E-state index contributed by atoms with van der Waals surface area (Å²) in [6.45, 7) is 4.01. The average molecular weight is 272 g/mol. The van der Waals surface area contributed by atoms with Gasteiger partial charge in [0, 0.05) is 31.8 Å². The number of aromatic nitrogens is 4. The van der Waals surface area contributed by atoms with Crippen molar-refractivity contribution in [2.24, 2.45) is 7.05 Å². The third-order valence-corrected chi connectivity index (χ3v) is 3.61. The molecule has 0 saturated heterocycles. The summed E-state index contributed by atoms with van der Waals surface area (Å²) in [6, 6.07) is 0. The van der Waals surface area contributed by atoms with E-state index in [0.717, 1.165) is 34.4 Å². The molecule has 2 aromatic heterocycles. The van der Waals surface area contributed by atoms with Crippen molar-refractivity contribution in [1.29, 1.82) is 0 Å². The van der Waals surface area contributed by atoms with Crippen LogP contribution in [0.15, 0.2) is 6.20 Å². The normalized spacial score (nSPS) is 14.4. The summed E-state index contributed by atoms with van der Waals surface area (Å²) in [5.74, 6) is 3.22. The molecule has 0 radical (unpaired) electrons. The summed E-state index contributed by atoms with van der Waals surface area (Å²) in [6.07, 6.45) is 4.35. The molecular formula is C14H20N6. The molecule has 2 heterocycles. The number of hydrogen-bond acceptors (Lipinski definition) is 5. The van der Waals surface area contributed by atoms with Crippen LogP contribution in [0.2, 0.25) is 0 Å². The Bertz CT molecular complexity index is 641. The fourth-order valence-electron chi connectivity index (χ4n) is 2.27. The largest absolute Gasteiger partial charge is 0.373 e. The maximum atomic E-state index is 4.69. The van der Waals surface area contributed by atoms with Gasteiger partial charge in [0.1, 0.15) is 17.5 Å². The lowest BCUT2D eigenvalue weighted by molar-refractivity contribution is 0.756. The number of nitrogens with zero attached hydrogens (tertiary/aromatic N) is 4. The molecule has 6 nitrogen and oxygen atoms in total. The van der Waals surface area contributed by atoms with Crippen LogP contribution in [0.5, 0.6) is 0 Å². The van der Waals surface area contributed by atoms with Crippen molar-refractivity contribution in [1.82, 2.24) is 19.7 Å². The lowest BCUT2D eigenvalue weighted by atomic mass is 10.2. The Morgan fingerprint density at radius 3 is 2.45 bits per heavy atom. The molecule has 1 aliphatic rings. The first-order valence-electron chi connectivity index (χ1n) is 6.92. The SMILES string of the molecule is CNc1nc(C2CC2)nc(Nc2cn(C)nc2C)c1C. The van der Waals surface area contributed by atoms with Crippen molar-refractivity contribution in [2.75, 3.05) is 17.7 Å². The van der Waals surface area contributed by atoms with Gasteiger partial charge in [-0.2, -0.15) is 5.10 Å². The first kappa shape index (κ1) is 12.9. The van der Waals surface area contributed by atoms with Crippen LogP contribution in [0, 0.1) is 13.8 Å². The molecule has 1 saturated carbocycles. The number of rotatable bonds is 4. The van der Waals surface area contributed by atoms with Crippen molar-refractivity contribution >= 4 is 17.3 Å². The Labute approximate surface area is 118 Å². The smallest absolute Gasteiger partial charge is 0.139 e. The van der Waals surface area contributed by atoms with E-state index in [9.17, 15) is 0 Å². The molecular weight excluding hydrogens is 252 g/mol. The van der Waals surface area contributed by atoms with Gasteiger partial charge < -0.3 is 10.6 Å². The van der Waals surface area contributed by atoms with E-state index in [1.807, 2.05) is 34.1 Å². The zero-order valence-corrected chi connectivity index (χ0v) is 12.4. The van der Waals surface area contributed by atoms with Gasteiger partial charge >= 0.3 is 0 Å². The van der Waals surface area contributed by atoms with E-state index in [0.29, 0.717) is 5.92 Å². The highest BCUT2D eigenvalue weighted by atomic mass is 15.3. The van der Waals surface area contributed by atoms with Crippen LogP contribution in [0.25, 0.3) is 0 Å². The van der Waals surface area contributed by atoms with E-state index >= 15 is 0 Å². The molecule has 0 aromatic carbocycles. The van der Waals surface area contributed by atoms with Crippen LogP contribution >= 0.6 is 0 Å². The molecule has 0 aliphatic heterocycles. The molecule has 0 amide bonds. The molecule has 6 heteroatoms. The van der Waals surface area contributed by atoms with Crippen LogP contribution in [0.4, 0.5) is 17.3 Å². The number of hydrogen-bond donors (Lipinski definition) is 2. The minimum Gasteiger partial charge on any atom is -0.373 e. The molecule has 2 aromatic rings. The third kappa shape index (κ3) is 2.33. The molecule has 1 fully saturated rings. The summed E-state index contributed by atoms with van der Waals surface area (Å²) in [5.41, 5.74) is 2.97. The Morgan fingerprint density at radius 2 is 1.90 bits per heavy atom. The Balaban J connectivity index is 1.99. The van der Waals surface area contributed by atoms with Crippen molar-refractivity contribution < 1.29 is 0 Å². The van der Waals surface area contributed by atoms with Gasteiger partial charge in [-0.1, -0.05) is 0 Å². The summed E-state index contributed by atoms with van der Waals surface area (Å²) in [7, 11) is 3.81. The second-order valence-corrected chi connectivity index (χ2v) is 5.36. The monoisotopic (exact) mass is 272 g/mol. The topological polar surface area (TPSA) is 67.7 Å². The second-order valence-electron chi connectivity index (χ2n) is 5.36. The van der Waals surface area contributed by atoms with Gasteiger partial charge in [0.2, 0.25) is 0 Å². The van der Waals surface area contributed by atoms with Gasteiger partial charge in [-0.3, -0.25) is 4.68 Å². The lowest BCUT2D eigenvalue weighted by Crippen LogP contribution is -2.07. The number of anilines is 3. The quantitative estimate of drug-likeness (QED) is 0.895. The maximum absolute atomic E-state index is 4.69. The summed E-state index contributed by atoms with van der Waals surface area (Å²) in [4.78, 5) is 9.29. The average Bonchev–Trinajstić information content (AvgIpc) is 3.19. The molecule has 3 rings (SSSR count). The van der Waals surface area contributed by atoms with E-state index in [2.05, 4.69) is 25.7 Å². The fraction of sp³-hybridized carbons (Fsp3) is 0.500. The van der Waals surface area contributed by atoms with Gasteiger partial charge in [0.15, 0.2) is 0 Å². The zero-order valence-electron chi connectivity index (χ0n) is 12.4. The highest BCUT2D eigenvalue weighted by Gasteiger charge is 2.28. The van der Waals surface area contributed by atoms with Crippen molar-refractivity contribution in [3.63, 3.8) is 0 Å². The first-order valence-corrected chi connectivity index (χ1v) is 6.92. The summed E-state index contributed by atoms with van der Waals surface area (Å²) < 4.78 is 1.80. The molecule has 0 bridgehead atoms. The Hall–Kier alpha value is -2.11. The maximum Gasteiger partial charge on any atom is 0.139 e. The van der Waals surface area contributed by atoms with E-state index < -0.39 is 0 Å². The third-order valence-electron chi connectivity index (χ3n) is 3.61. The van der Waals surface area contributed by atoms with Crippen LogP contribution in [0.1, 0.15) is 35.8 Å². The van der Waals surface area contributed by atoms with Crippen molar-refractivity contribution in [3.05, 3.63) is 23.3 Å². The zero-order chi connectivity index (χ0) is 14.3. The highest BCUT2D eigenvalue weighted by Crippen LogP contribution is 2.39. The van der Waals surface area contributed by atoms with E-state index in [-0.39, 0.29) is 0 Å². The minimum absolute atomic E-state index is 0.526. The lowest BCUT2D eigenvalue weighted by Gasteiger charge is -2.13. The number of aryl methyl sites for hydroxylation is 2. The molecule has 20 heavy (non-hydrogen) atoms. The van der Waals surface area contributed by atoms with Gasteiger partial charge in [-0.05, 0) is 26.7 Å². The fourth-order valence-corrected chi connectivity index (χ4v) is 2.27. The van der Waals surface area contributed by atoms with Crippen LogP contribution < -0.4 is 10.6 Å². The predicted molar refractivity (Wildman–Crippen MR) is 79.5 cm³/mol. The van der Waals surface area contributed by atoms with E-state index in [1.165, 1.54) is 12.8 Å². The molecule has 0 spiro atoms. The standard InChI is InChI=1S/C14H20N6/c1-8-12(15-3)17-14(10-5-6-10)18-13(8)16-11-7-20(4)19-9(11)2/h7,10H,5-6H2,1-4H3,(H2,15,16,17,18). The number of nitrogens with one attached hydrogen (secondary N) is 2. The van der Waals surface area contributed by atoms with Gasteiger partial charge in [0.05, 0.1) is 11.4 Å². The second kappa shape index (κ2) is 4.77. The predicted octanol–water partition coefficient (Wildman–Crippen LogP) is 2.49. The van der Waals surface area contributed by atoms with Gasteiger partial charge in [0.25, 0.3) is 0 Å². The summed E-state index contributed by atoms with van der Waals surface area (Å²) >= 11 is 0. The van der Waals surface area contributed by atoms with E-state index in [4.69, 9.17) is 0 Å². The molecule has 0 atom stereocenters. The molecule has 2 N–H and O–H groups in total. The van der Waals surface area contributed by atoms with Gasteiger partial charge in [-0.15, -0.1) is 0 Å². The van der Waals surface area contributed by atoms with Crippen molar-refractivity contribution in [3.8, 4) is 0 Å². The van der Waals surface area contributed by atoms with E-state index in [1.54, 1.807) is 4.68 Å². The van der Waals surface area contributed by atoms with Crippen LogP contribution in [-0.4, -0.2) is 26.8 Å². The molecule has 0 unspecified atom stereocenters. The summed E-state index contributed by atoms with van der Waals surface area (Å²) in [5, 5.41) is 10.9. The highest BCUT2D eigenvalue weighted by molar-refractivity contribution is 5.65. The Morgan fingerprint density at radius 1 is 1.20 bits per heavy atom. The minimum atomic E-state index is 0.526. The van der Waals surface area contributed by atoms with Crippen molar-refractivity contribution in [2.45, 2.75) is 32.6 Å². The molecule has 106 valence electrons.